The summed E-state index contributed by atoms with van der Waals surface area (Å²) in [5.41, 5.74) is 7.71. The summed E-state index contributed by atoms with van der Waals surface area (Å²) in [5.74, 6) is -0.503. The number of hydrogen-bond acceptors (Lipinski definition) is 5. The van der Waals surface area contributed by atoms with Crippen LogP contribution in [-0.4, -0.2) is 17.3 Å². The van der Waals surface area contributed by atoms with Crippen molar-refractivity contribution >= 4 is 5.69 Å². The van der Waals surface area contributed by atoms with E-state index in [1.54, 1.807) is 24.4 Å². The third-order valence-electron chi connectivity index (χ3n) is 3.87. The van der Waals surface area contributed by atoms with E-state index >= 15 is 0 Å². The van der Waals surface area contributed by atoms with Gasteiger partial charge >= 0.3 is 0 Å². The van der Waals surface area contributed by atoms with Crippen LogP contribution >= 0.6 is 0 Å². The lowest BCUT2D eigenvalue weighted by Crippen LogP contribution is -2.29. The average molecular weight is 320 g/mol. The summed E-state index contributed by atoms with van der Waals surface area (Å²) in [7, 11) is 1.32. The van der Waals surface area contributed by atoms with Gasteiger partial charge in [-0.15, -0.1) is 4.48 Å². The van der Waals surface area contributed by atoms with Crippen LogP contribution in [0.5, 0.6) is 0 Å². The molecule has 7 heteroatoms. The van der Waals surface area contributed by atoms with Gasteiger partial charge in [-0.05, 0) is 42.8 Å². The summed E-state index contributed by atoms with van der Waals surface area (Å²) in [6, 6.07) is 6.71. The van der Waals surface area contributed by atoms with Crippen molar-refractivity contribution in [2.75, 3.05) is 12.3 Å². The van der Waals surface area contributed by atoms with Gasteiger partial charge < -0.3 is 5.73 Å². The van der Waals surface area contributed by atoms with Gasteiger partial charge in [0, 0.05) is 22.9 Å². The molecule has 2 heterocycles. The van der Waals surface area contributed by atoms with Gasteiger partial charge in [0.15, 0.2) is 0 Å². The molecule has 0 bridgehead atoms. The minimum absolute atomic E-state index is 0.212. The summed E-state index contributed by atoms with van der Waals surface area (Å²) in [4.78, 5) is 9.18. The molecule has 1 aromatic carbocycles. The number of hydrogen-bond donors (Lipinski definition) is 1. The maximum absolute atomic E-state index is 14.7. The first-order chi connectivity index (χ1) is 10.8. The summed E-state index contributed by atoms with van der Waals surface area (Å²) >= 11 is 0. The second-order valence-electron chi connectivity index (χ2n) is 6.03. The summed E-state index contributed by atoms with van der Waals surface area (Å²) in [6.07, 6.45) is 1.63. The lowest BCUT2D eigenvalue weighted by molar-refractivity contribution is -0.0921. The number of nitrogens with two attached hydrogens (primary N) is 1. The molecule has 0 aliphatic carbocycles. The summed E-state index contributed by atoms with van der Waals surface area (Å²) in [5, 5.41) is 1.22. The Kier molecular flexibility index (Phi) is 3.79. The number of benzene rings is 1. The number of anilines is 1. The summed E-state index contributed by atoms with van der Waals surface area (Å²) in [6.45, 7) is 3.53. The average Bonchev–Trinajstić information content (AvgIpc) is 2.83. The molecular weight excluding hydrogens is 302 g/mol. The zero-order chi connectivity index (χ0) is 16.8. The Morgan fingerprint density at radius 3 is 2.57 bits per heavy atom. The van der Waals surface area contributed by atoms with Gasteiger partial charge in [0.05, 0.1) is 25.0 Å². The first-order valence-electron chi connectivity index (χ1n) is 7.17. The second kappa shape index (κ2) is 5.52. The number of nitrogens with zero attached hydrogens (tertiary/aromatic N) is 3. The van der Waals surface area contributed by atoms with E-state index < -0.39 is 11.4 Å². The van der Waals surface area contributed by atoms with E-state index in [4.69, 9.17) is 10.6 Å². The van der Waals surface area contributed by atoms with Crippen LogP contribution in [-0.2, 0) is 16.9 Å². The van der Waals surface area contributed by atoms with E-state index in [0.29, 0.717) is 22.2 Å². The molecule has 2 N–H and O–H groups in total. The molecule has 0 saturated carbocycles. The molecule has 1 aliphatic rings. The fraction of sp³-hybridized carbons (Fsp3) is 0.312. The zero-order valence-corrected chi connectivity index (χ0v) is 13.2. The van der Waals surface area contributed by atoms with Crippen molar-refractivity contribution in [3.05, 3.63) is 47.4 Å². The molecule has 0 radical (unpaired) electrons. The predicted octanol–water partition coefficient (Wildman–Crippen LogP) is 3.06. The van der Waals surface area contributed by atoms with Gasteiger partial charge in [-0.3, -0.25) is 9.82 Å². The Morgan fingerprint density at radius 1 is 1.26 bits per heavy atom. The lowest BCUT2D eigenvalue weighted by Gasteiger charge is -2.19. The number of hydrazine groups is 1. The fourth-order valence-electron chi connectivity index (χ4n) is 2.57. The van der Waals surface area contributed by atoms with Crippen molar-refractivity contribution in [3.63, 3.8) is 0 Å². The molecule has 122 valence electrons. The molecule has 0 atom stereocenters. The van der Waals surface area contributed by atoms with Crippen LogP contribution in [0.15, 0.2) is 30.5 Å². The van der Waals surface area contributed by atoms with E-state index in [-0.39, 0.29) is 12.1 Å². The fourth-order valence-corrected chi connectivity index (χ4v) is 2.57. The zero-order valence-electron chi connectivity index (χ0n) is 13.2. The Morgan fingerprint density at radius 2 is 2.00 bits per heavy atom. The highest BCUT2D eigenvalue weighted by atomic mass is 19.2. The molecule has 0 spiro atoms. The van der Waals surface area contributed by atoms with Crippen molar-refractivity contribution in [1.29, 1.82) is 0 Å². The van der Waals surface area contributed by atoms with Crippen LogP contribution in [0.4, 0.5) is 14.6 Å². The molecule has 0 unspecified atom stereocenters. The van der Waals surface area contributed by atoms with Crippen LogP contribution in [0, 0.1) is 5.82 Å². The van der Waals surface area contributed by atoms with Crippen molar-refractivity contribution in [2.24, 2.45) is 5.73 Å². The summed E-state index contributed by atoms with van der Waals surface area (Å²) < 4.78 is 28.5. The molecule has 0 amide bonds. The van der Waals surface area contributed by atoms with Gasteiger partial charge in [0.2, 0.25) is 0 Å². The number of rotatable bonds is 3. The molecule has 0 fully saturated rings. The lowest BCUT2D eigenvalue weighted by atomic mass is 9.96. The van der Waals surface area contributed by atoms with E-state index in [9.17, 15) is 8.87 Å². The van der Waals surface area contributed by atoms with Crippen molar-refractivity contribution in [1.82, 2.24) is 10.2 Å². The molecule has 1 aliphatic heterocycles. The normalized spacial score (nSPS) is 15.1. The second-order valence-corrected chi connectivity index (χ2v) is 6.03. The SMILES string of the molecule is CON1c2ccc(-c3ccc(C(C)(C)N)cn3)c(F)c2CN1F. The van der Waals surface area contributed by atoms with Crippen LogP contribution < -0.4 is 10.9 Å². The Bertz CT molecular complexity index is 728. The highest BCUT2D eigenvalue weighted by Gasteiger charge is 2.32. The van der Waals surface area contributed by atoms with E-state index in [0.717, 1.165) is 10.7 Å². The maximum Gasteiger partial charge on any atom is 0.139 e. The highest BCUT2D eigenvalue weighted by molar-refractivity contribution is 5.68. The predicted molar refractivity (Wildman–Crippen MR) is 83.0 cm³/mol. The van der Waals surface area contributed by atoms with Gasteiger partial charge in [-0.2, -0.15) is 5.17 Å². The van der Waals surface area contributed by atoms with Crippen molar-refractivity contribution in [3.8, 4) is 11.3 Å². The van der Waals surface area contributed by atoms with Crippen molar-refractivity contribution in [2.45, 2.75) is 25.9 Å². The molecule has 0 saturated heterocycles. The Hall–Kier alpha value is -2.09. The van der Waals surface area contributed by atoms with Crippen LogP contribution in [0.3, 0.4) is 0 Å². The number of pyridine rings is 1. The van der Waals surface area contributed by atoms with Gasteiger partial charge in [0.1, 0.15) is 5.82 Å². The minimum atomic E-state index is -0.518. The standard InChI is InChI=1S/C16H18F2N4O/c1-16(2,19)10-4-6-13(20-8-10)11-5-7-14-12(15(11)17)9-21(18)22(14)23-3/h4-8H,9,19H2,1-3H3. The largest absolute Gasteiger partial charge is 0.322 e. The highest BCUT2D eigenvalue weighted by Crippen LogP contribution is 2.37. The van der Waals surface area contributed by atoms with E-state index in [2.05, 4.69) is 4.98 Å². The van der Waals surface area contributed by atoms with Crippen LogP contribution in [0.25, 0.3) is 11.3 Å². The van der Waals surface area contributed by atoms with Crippen LogP contribution in [0.2, 0.25) is 0 Å². The number of fused-ring (bicyclic) bond motifs is 1. The Labute approximate surface area is 133 Å². The third kappa shape index (κ3) is 2.67. The molecule has 23 heavy (non-hydrogen) atoms. The topological polar surface area (TPSA) is 54.6 Å². The molecule has 3 rings (SSSR count). The smallest absolute Gasteiger partial charge is 0.139 e. The van der Waals surface area contributed by atoms with Crippen molar-refractivity contribution < 1.29 is 13.7 Å². The van der Waals surface area contributed by atoms with E-state index in [1.807, 2.05) is 19.9 Å². The molecule has 2 aromatic rings. The molecule has 5 nitrogen and oxygen atoms in total. The van der Waals surface area contributed by atoms with Gasteiger partial charge in [-0.25, -0.2) is 4.39 Å². The molecular formula is C16H18F2N4O. The van der Waals surface area contributed by atoms with Crippen LogP contribution in [0.1, 0.15) is 25.0 Å². The minimum Gasteiger partial charge on any atom is -0.322 e. The Balaban J connectivity index is 2.01. The first-order valence-corrected chi connectivity index (χ1v) is 7.17. The monoisotopic (exact) mass is 320 g/mol. The first kappa shape index (κ1) is 15.8. The molecule has 1 aromatic heterocycles. The van der Waals surface area contributed by atoms with E-state index in [1.165, 1.54) is 7.11 Å². The number of aromatic nitrogens is 1. The quantitative estimate of drug-likeness (QED) is 0.881. The third-order valence-corrected chi connectivity index (χ3v) is 3.87. The maximum atomic E-state index is 14.7. The number of halogens is 2. The van der Waals surface area contributed by atoms with Gasteiger partial charge in [0.25, 0.3) is 0 Å². The van der Waals surface area contributed by atoms with Gasteiger partial charge in [-0.1, -0.05) is 6.07 Å².